The minimum Gasteiger partial charge on any atom is -0.365 e. The lowest BCUT2D eigenvalue weighted by atomic mass is 9.85. The molecule has 1 heterocycles. The molecular formula is C13H19N3O2. The number of primary amides is 1. The molecule has 0 bridgehead atoms. The maximum atomic E-state index is 11.6. The summed E-state index contributed by atoms with van der Waals surface area (Å²) in [5, 5.41) is 3.35. The second-order valence-corrected chi connectivity index (χ2v) is 4.97. The molecule has 1 amide bonds. The van der Waals surface area contributed by atoms with Crippen molar-refractivity contribution in [2.45, 2.75) is 25.8 Å². The molecule has 1 saturated carbocycles. The highest BCUT2D eigenvalue weighted by molar-refractivity contribution is 5.92. The Kier molecular flexibility index (Phi) is 3.81. The van der Waals surface area contributed by atoms with Gasteiger partial charge < -0.3 is 15.6 Å². The van der Waals surface area contributed by atoms with E-state index in [1.165, 1.54) is 23.8 Å². The van der Waals surface area contributed by atoms with Gasteiger partial charge in [-0.25, -0.2) is 0 Å². The van der Waals surface area contributed by atoms with Crippen LogP contribution < -0.4 is 16.6 Å². The SMILES string of the molecule is Cn1cc(CNCC2CCC2)cc(C(N)=O)c1=O. The van der Waals surface area contributed by atoms with Crippen molar-refractivity contribution in [3.8, 4) is 0 Å². The van der Waals surface area contributed by atoms with Crippen LogP contribution in [-0.4, -0.2) is 17.0 Å². The van der Waals surface area contributed by atoms with Gasteiger partial charge in [0.25, 0.3) is 11.5 Å². The predicted octanol–water partition coefficient (Wildman–Crippen LogP) is 0.374. The smallest absolute Gasteiger partial charge is 0.263 e. The van der Waals surface area contributed by atoms with Crippen molar-refractivity contribution in [1.29, 1.82) is 0 Å². The van der Waals surface area contributed by atoms with E-state index < -0.39 is 5.91 Å². The van der Waals surface area contributed by atoms with E-state index in [0.29, 0.717) is 6.54 Å². The highest BCUT2D eigenvalue weighted by Gasteiger charge is 2.16. The van der Waals surface area contributed by atoms with Gasteiger partial charge in [-0.05, 0) is 36.9 Å². The topological polar surface area (TPSA) is 77.1 Å². The fraction of sp³-hybridized carbons (Fsp3) is 0.538. The zero-order valence-electron chi connectivity index (χ0n) is 10.6. The third-order valence-corrected chi connectivity index (χ3v) is 3.49. The van der Waals surface area contributed by atoms with Gasteiger partial charge in [-0.15, -0.1) is 0 Å². The van der Waals surface area contributed by atoms with Crippen molar-refractivity contribution in [1.82, 2.24) is 9.88 Å². The molecule has 3 N–H and O–H groups in total. The summed E-state index contributed by atoms with van der Waals surface area (Å²) in [4.78, 5) is 22.8. The van der Waals surface area contributed by atoms with Crippen LogP contribution in [0, 0.1) is 5.92 Å². The number of nitrogens with one attached hydrogen (secondary N) is 1. The molecule has 0 unspecified atom stereocenters. The van der Waals surface area contributed by atoms with E-state index in [9.17, 15) is 9.59 Å². The van der Waals surface area contributed by atoms with Crippen molar-refractivity contribution >= 4 is 5.91 Å². The first-order chi connectivity index (χ1) is 8.58. The first kappa shape index (κ1) is 12.8. The normalized spacial score (nSPS) is 15.4. The molecule has 0 aromatic carbocycles. The summed E-state index contributed by atoms with van der Waals surface area (Å²) in [5.74, 6) is 0.115. The van der Waals surface area contributed by atoms with E-state index in [0.717, 1.165) is 18.0 Å². The van der Waals surface area contributed by atoms with Crippen LogP contribution in [0.5, 0.6) is 0 Å². The molecular weight excluding hydrogens is 230 g/mol. The highest BCUT2D eigenvalue weighted by atomic mass is 16.2. The maximum Gasteiger partial charge on any atom is 0.263 e. The Morgan fingerprint density at radius 2 is 2.28 bits per heavy atom. The summed E-state index contributed by atoms with van der Waals surface area (Å²) in [7, 11) is 1.63. The van der Waals surface area contributed by atoms with Crippen LogP contribution in [-0.2, 0) is 13.6 Å². The molecule has 1 aromatic heterocycles. The zero-order valence-corrected chi connectivity index (χ0v) is 10.6. The Morgan fingerprint density at radius 1 is 1.56 bits per heavy atom. The number of hydrogen-bond acceptors (Lipinski definition) is 3. The predicted molar refractivity (Wildman–Crippen MR) is 69.2 cm³/mol. The van der Waals surface area contributed by atoms with Crippen LogP contribution in [0.15, 0.2) is 17.1 Å². The van der Waals surface area contributed by atoms with Gasteiger partial charge in [-0.2, -0.15) is 0 Å². The molecule has 0 aliphatic heterocycles. The molecule has 5 nitrogen and oxygen atoms in total. The van der Waals surface area contributed by atoms with Crippen LogP contribution in [0.1, 0.15) is 35.2 Å². The minimum absolute atomic E-state index is 0.0560. The van der Waals surface area contributed by atoms with Gasteiger partial charge in [0, 0.05) is 19.8 Å². The molecule has 0 radical (unpaired) electrons. The van der Waals surface area contributed by atoms with E-state index in [2.05, 4.69) is 5.32 Å². The van der Waals surface area contributed by atoms with Gasteiger partial charge in [-0.3, -0.25) is 9.59 Å². The summed E-state index contributed by atoms with van der Waals surface area (Å²) in [6.45, 7) is 1.65. The highest BCUT2D eigenvalue weighted by Crippen LogP contribution is 2.25. The number of amides is 1. The monoisotopic (exact) mass is 249 g/mol. The molecule has 0 atom stereocenters. The van der Waals surface area contributed by atoms with Crippen LogP contribution in [0.25, 0.3) is 0 Å². The van der Waals surface area contributed by atoms with E-state index in [1.54, 1.807) is 19.3 Å². The van der Waals surface area contributed by atoms with E-state index in [4.69, 9.17) is 5.73 Å². The molecule has 0 saturated heterocycles. The number of aromatic nitrogens is 1. The van der Waals surface area contributed by atoms with Gasteiger partial charge >= 0.3 is 0 Å². The Bertz CT molecular complexity index is 503. The first-order valence-electron chi connectivity index (χ1n) is 6.28. The summed E-state index contributed by atoms with van der Waals surface area (Å²) >= 11 is 0. The summed E-state index contributed by atoms with van der Waals surface area (Å²) in [6.07, 6.45) is 5.67. The number of nitrogens with zero attached hydrogens (tertiary/aromatic N) is 1. The first-order valence-corrected chi connectivity index (χ1v) is 6.28. The standard InChI is InChI=1S/C13H19N3O2/c1-16-8-10(5-11(12(14)17)13(16)18)7-15-6-9-3-2-4-9/h5,8-9,15H,2-4,6-7H2,1H3,(H2,14,17). The number of rotatable bonds is 5. The molecule has 1 aromatic rings. The van der Waals surface area contributed by atoms with Gasteiger partial charge in [-0.1, -0.05) is 6.42 Å². The lowest BCUT2D eigenvalue weighted by Crippen LogP contribution is -2.30. The Labute approximate surface area is 106 Å². The van der Waals surface area contributed by atoms with Gasteiger partial charge in [0.05, 0.1) is 0 Å². The summed E-state index contributed by atoms with van der Waals surface area (Å²) < 4.78 is 1.40. The maximum absolute atomic E-state index is 11.6. The van der Waals surface area contributed by atoms with Gasteiger partial charge in [0.15, 0.2) is 0 Å². The number of carbonyl (C=O) groups excluding carboxylic acids is 1. The van der Waals surface area contributed by atoms with Crippen molar-refractivity contribution < 1.29 is 4.79 Å². The third kappa shape index (κ3) is 2.79. The lowest BCUT2D eigenvalue weighted by molar-refractivity contribution is 0.0998. The van der Waals surface area contributed by atoms with Crippen LogP contribution >= 0.6 is 0 Å². The lowest BCUT2D eigenvalue weighted by Gasteiger charge is -2.25. The van der Waals surface area contributed by atoms with Crippen LogP contribution in [0.3, 0.4) is 0 Å². The number of hydrogen-bond donors (Lipinski definition) is 2. The molecule has 18 heavy (non-hydrogen) atoms. The number of pyridine rings is 1. The van der Waals surface area contributed by atoms with E-state index >= 15 is 0 Å². The van der Waals surface area contributed by atoms with E-state index in [1.807, 2.05) is 0 Å². The second-order valence-electron chi connectivity index (χ2n) is 4.97. The average molecular weight is 249 g/mol. The summed E-state index contributed by atoms with van der Waals surface area (Å²) in [5.41, 5.74) is 5.81. The van der Waals surface area contributed by atoms with Crippen LogP contribution in [0.4, 0.5) is 0 Å². The fourth-order valence-corrected chi connectivity index (χ4v) is 2.17. The quantitative estimate of drug-likeness (QED) is 0.791. The Morgan fingerprint density at radius 3 is 2.83 bits per heavy atom. The minimum atomic E-state index is -0.670. The second kappa shape index (κ2) is 5.35. The van der Waals surface area contributed by atoms with Gasteiger partial charge in [0.1, 0.15) is 5.56 Å². The Balaban J connectivity index is 2.03. The molecule has 2 rings (SSSR count). The third-order valence-electron chi connectivity index (χ3n) is 3.49. The average Bonchev–Trinajstić information content (AvgIpc) is 2.26. The fourth-order valence-electron chi connectivity index (χ4n) is 2.17. The number of nitrogens with two attached hydrogens (primary N) is 1. The van der Waals surface area contributed by atoms with Gasteiger partial charge in [0.2, 0.25) is 0 Å². The zero-order chi connectivity index (χ0) is 13.1. The molecule has 1 aliphatic carbocycles. The molecule has 0 spiro atoms. The van der Waals surface area contributed by atoms with Crippen LogP contribution in [0.2, 0.25) is 0 Å². The molecule has 5 heteroatoms. The van der Waals surface area contributed by atoms with Crippen molar-refractivity contribution in [3.05, 3.63) is 33.7 Å². The van der Waals surface area contributed by atoms with Crippen molar-refractivity contribution in [2.75, 3.05) is 6.54 Å². The number of aryl methyl sites for hydroxylation is 1. The molecule has 1 fully saturated rings. The number of carbonyl (C=O) groups is 1. The Hall–Kier alpha value is -1.62. The summed E-state index contributed by atoms with van der Waals surface area (Å²) in [6, 6.07) is 1.58. The van der Waals surface area contributed by atoms with Crippen molar-refractivity contribution in [3.63, 3.8) is 0 Å². The molecule has 1 aliphatic rings. The molecule has 98 valence electrons. The van der Waals surface area contributed by atoms with E-state index in [-0.39, 0.29) is 11.1 Å². The largest absolute Gasteiger partial charge is 0.365 e. The van der Waals surface area contributed by atoms with Crippen molar-refractivity contribution in [2.24, 2.45) is 18.7 Å².